The van der Waals surface area contributed by atoms with Gasteiger partial charge in [0.25, 0.3) is 0 Å². The first-order valence-corrected chi connectivity index (χ1v) is 11.2. The molecule has 0 spiro atoms. The summed E-state index contributed by atoms with van der Waals surface area (Å²) in [5.74, 6) is 1.02. The lowest BCUT2D eigenvalue weighted by Gasteiger charge is -2.13. The zero-order valence-corrected chi connectivity index (χ0v) is 18.7. The lowest BCUT2D eigenvalue weighted by molar-refractivity contribution is -0.137. The Labute approximate surface area is 202 Å². The number of imidazole rings is 2. The van der Waals surface area contributed by atoms with Crippen molar-refractivity contribution in [2.24, 2.45) is 0 Å². The number of benzene rings is 3. The molecule has 2 aliphatic heterocycles. The van der Waals surface area contributed by atoms with Crippen LogP contribution in [0.5, 0.6) is 0 Å². The van der Waals surface area contributed by atoms with E-state index in [0.717, 1.165) is 17.7 Å². The highest BCUT2D eigenvalue weighted by Gasteiger charge is 2.30. The van der Waals surface area contributed by atoms with Crippen molar-refractivity contribution >= 4 is 11.0 Å². The third kappa shape index (κ3) is 3.84. The number of hydrogen-bond donors (Lipinski definition) is 1. The van der Waals surface area contributed by atoms with Crippen LogP contribution in [-0.2, 0) is 12.7 Å². The number of nitrogens with one attached hydrogen (secondary N) is 1. The van der Waals surface area contributed by atoms with E-state index in [2.05, 4.69) is 15.0 Å². The van der Waals surface area contributed by atoms with Gasteiger partial charge in [-0.25, -0.2) is 9.78 Å². The van der Waals surface area contributed by atoms with E-state index in [4.69, 9.17) is 0 Å². The van der Waals surface area contributed by atoms with Crippen LogP contribution in [0.4, 0.5) is 13.2 Å². The number of H-pyrrole nitrogens is 1. The second-order valence-electron chi connectivity index (χ2n) is 8.42. The lowest BCUT2D eigenvalue weighted by Crippen LogP contribution is -2.14. The minimum Gasteiger partial charge on any atom is -0.338 e. The average molecular weight is 485 g/mol. The van der Waals surface area contributed by atoms with Gasteiger partial charge in [-0.1, -0.05) is 30.3 Å². The summed E-state index contributed by atoms with van der Waals surface area (Å²) in [5, 5.41) is 0. The molecule has 178 valence electrons. The second kappa shape index (κ2) is 8.23. The van der Waals surface area contributed by atoms with Gasteiger partial charge in [-0.05, 0) is 60.2 Å². The molecule has 6 nitrogen and oxygen atoms in total. The molecule has 6 rings (SSSR count). The number of pyridine rings is 1. The molecular weight excluding hydrogens is 467 g/mol. The monoisotopic (exact) mass is 485 g/mol. The summed E-state index contributed by atoms with van der Waals surface area (Å²) in [4.78, 5) is 24.5. The van der Waals surface area contributed by atoms with Crippen LogP contribution in [0.25, 0.3) is 39.6 Å². The van der Waals surface area contributed by atoms with E-state index in [1.807, 2.05) is 53.2 Å². The van der Waals surface area contributed by atoms with Crippen LogP contribution in [0.1, 0.15) is 11.1 Å². The van der Waals surface area contributed by atoms with Crippen molar-refractivity contribution in [1.82, 2.24) is 24.1 Å². The van der Waals surface area contributed by atoms with Crippen LogP contribution in [0.15, 0.2) is 95.9 Å². The van der Waals surface area contributed by atoms with Gasteiger partial charge in [0.1, 0.15) is 5.82 Å². The van der Waals surface area contributed by atoms with Gasteiger partial charge in [-0.3, -0.25) is 4.57 Å². The molecule has 9 heteroatoms. The maximum Gasteiger partial charge on any atom is 0.416 e. The lowest BCUT2D eigenvalue weighted by atomic mass is 10.2. The number of halogens is 3. The van der Waals surface area contributed by atoms with E-state index in [1.54, 1.807) is 24.3 Å². The van der Waals surface area contributed by atoms with E-state index in [9.17, 15) is 18.0 Å². The number of aromatic amines is 1. The number of nitrogens with zero attached hydrogens (tertiary/aromatic N) is 4. The predicted molar refractivity (Wildman–Crippen MR) is 130 cm³/mol. The Kier molecular flexibility index (Phi) is 4.99. The largest absolute Gasteiger partial charge is 0.416 e. The molecule has 0 saturated carbocycles. The van der Waals surface area contributed by atoms with Gasteiger partial charge in [-0.2, -0.15) is 18.2 Å². The highest BCUT2D eigenvalue weighted by atomic mass is 19.4. The Morgan fingerprint density at radius 3 is 2.39 bits per heavy atom. The maximum absolute atomic E-state index is 13.0. The Hall–Kier alpha value is -4.66. The molecule has 0 saturated heterocycles. The first-order chi connectivity index (χ1) is 17.4. The molecule has 0 unspecified atom stereocenters. The number of fused-ring (bicyclic) bond motifs is 2. The molecule has 0 bridgehead atoms. The molecule has 1 N–H and O–H groups in total. The van der Waals surface area contributed by atoms with Gasteiger partial charge < -0.3 is 9.55 Å². The first-order valence-electron chi connectivity index (χ1n) is 11.2. The molecule has 4 aromatic rings. The molecule has 2 aliphatic rings. The normalized spacial score (nSPS) is 12.0. The van der Waals surface area contributed by atoms with Crippen molar-refractivity contribution in [2.75, 3.05) is 0 Å². The molecule has 0 atom stereocenters. The highest BCUT2D eigenvalue weighted by molar-refractivity contribution is 5.80. The summed E-state index contributed by atoms with van der Waals surface area (Å²) in [5.41, 5.74) is 2.68. The Morgan fingerprint density at radius 2 is 1.64 bits per heavy atom. The van der Waals surface area contributed by atoms with Gasteiger partial charge in [0.2, 0.25) is 0 Å². The van der Waals surface area contributed by atoms with Crippen LogP contribution in [0, 0.1) is 0 Å². The van der Waals surface area contributed by atoms with E-state index in [0.29, 0.717) is 46.2 Å². The SMILES string of the molecule is O=c1nc2n(Cc3ccccc3)cccc-2n1-c1ccc(-c2nc3ccc(C(F)(F)F)cc3[nH]2)cc1. The van der Waals surface area contributed by atoms with Crippen molar-refractivity contribution in [3.05, 3.63) is 113 Å². The molecule has 0 fully saturated rings. The van der Waals surface area contributed by atoms with Crippen molar-refractivity contribution < 1.29 is 13.2 Å². The fraction of sp³-hybridized carbons (Fsp3) is 0.0741. The van der Waals surface area contributed by atoms with Crippen LogP contribution >= 0.6 is 0 Å². The predicted octanol–water partition coefficient (Wildman–Crippen LogP) is 5.75. The quantitative estimate of drug-likeness (QED) is 0.346. The van der Waals surface area contributed by atoms with Gasteiger partial charge in [-0.15, -0.1) is 0 Å². The van der Waals surface area contributed by atoms with Crippen LogP contribution < -0.4 is 5.69 Å². The van der Waals surface area contributed by atoms with Crippen molar-refractivity contribution in [1.29, 1.82) is 0 Å². The molecule has 1 aromatic heterocycles. The molecular formula is C27H18F3N5O. The smallest absolute Gasteiger partial charge is 0.338 e. The minimum atomic E-state index is -4.43. The van der Waals surface area contributed by atoms with Crippen LogP contribution in [0.2, 0.25) is 0 Å². The highest BCUT2D eigenvalue weighted by Crippen LogP contribution is 2.32. The van der Waals surface area contributed by atoms with Gasteiger partial charge >= 0.3 is 11.9 Å². The van der Waals surface area contributed by atoms with E-state index in [-0.39, 0.29) is 0 Å². The fourth-order valence-electron chi connectivity index (χ4n) is 4.32. The summed E-state index contributed by atoms with van der Waals surface area (Å²) in [6, 6.07) is 24.1. The van der Waals surface area contributed by atoms with E-state index in [1.165, 1.54) is 10.6 Å². The maximum atomic E-state index is 13.0. The number of rotatable bonds is 4. The summed E-state index contributed by atoms with van der Waals surface area (Å²) >= 11 is 0. The zero-order valence-electron chi connectivity index (χ0n) is 18.7. The zero-order chi connectivity index (χ0) is 24.9. The summed E-state index contributed by atoms with van der Waals surface area (Å²) < 4.78 is 42.6. The Balaban J connectivity index is 1.33. The van der Waals surface area contributed by atoms with Crippen molar-refractivity contribution in [2.45, 2.75) is 12.7 Å². The second-order valence-corrected chi connectivity index (χ2v) is 8.42. The molecule has 0 amide bonds. The van der Waals surface area contributed by atoms with Gasteiger partial charge in [0.15, 0.2) is 5.82 Å². The summed E-state index contributed by atoms with van der Waals surface area (Å²) in [6.07, 6.45) is -2.54. The minimum absolute atomic E-state index is 0.300. The van der Waals surface area contributed by atoms with E-state index >= 15 is 0 Å². The third-order valence-corrected chi connectivity index (χ3v) is 6.06. The van der Waals surface area contributed by atoms with Gasteiger partial charge in [0, 0.05) is 18.3 Å². The number of aromatic nitrogens is 5. The molecule has 0 aliphatic carbocycles. The van der Waals surface area contributed by atoms with E-state index < -0.39 is 17.4 Å². The van der Waals surface area contributed by atoms with Crippen molar-refractivity contribution in [3.63, 3.8) is 0 Å². The van der Waals surface area contributed by atoms with Crippen molar-refractivity contribution in [3.8, 4) is 28.6 Å². The topological polar surface area (TPSA) is 68.5 Å². The Morgan fingerprint density at radius 1 is 0.861 bits per heavy atom. The average Bonchev–Trinajstić information content (AvgIpc) is 3.45. The number of hydrogen-bond acceptors (Lipinski definition) is 3. The molecule has 36 heavy (non-hydrogen) atoms. The molecule has 0 radical (unpaired) electrons. The molecule has 3 aromatic carbocycles. The fourth-order valence-corrected chi connectivity index (χ4v) is 4.32. The summed E-state index contributed by atoms with van der Waals surface area (Å²) in [6.45, 7) is 0.579. The number of alkyl halides is 3. The standard InChI is InChI=1S/C27H18F3N5O/c28-27(29,30)19-10-13-21-22(15-19)32-24(31-21)18-8-11-20(12-9-18)35-23-7-4-14-34(25(23)33-26(35)36)16-17-5-2-1-3-6-17/h1-15H,16H2,(H,31,32). The Bertz CT molecular complexity index is 1710. The first kappa shape index (κ1) is 21.8. The van der Waals surface area contributed by atoms with Crippen LogP contribution in [0.3, 0.4) is 0 Å². The third-order valence-electron chi connectivity index (χ3n) is 6.06. The van der Waals surface area contributed by atoms with Crippen LogP contribution in [-0.4, -0.2) is 24.1 Å². The van der Waals surface area contributed by atoms with Gasteiger partial charge in [0.05, 0.1) is 28.0 Å². The molecule has 3 heterocycles. The summed E-state index contributed by atoms with van der Waals surface area (Å²) in [7, 11) is 0.